The van der Waals surface area contributed by atoms with Gasteiger partial charge in [0.25, 0.3) is 0 Å². The van der Waals surface area contributed by atoms with Gasteiger partial charge in [-0.3, -0.25) is 4.79 Å². The maximum Gasteiger partial charge on any atom is 0.225 e. The molecule has 1 aliphatic rings. The Kier molecular flexibility index (Phi) is 4.81. The van der Waals surface area contributed by atoms with E-state index in [4.69, 9.17) is 4.74 Å². The number of methoxy groups -OCH3 is 1. The third kappa shape index (κ3) is 3.41. The highest BCUT2D eigenvalue weighted by Crippen LogP contribution is 2.32. The van der Waals surface area contributed by atoms with Gasteiger partial charge in [-0.05, 0) is 36.2 Å². The van der Waals surface area contributed by atoms with Gasteiger partial charge in [-0.2, -0.15) is 0 Å². The molecule has 0 bridgehead atoms. The Morgan fingerprint density at radius 3 is 2.92 bits per heavy atom. The number of fused-ring (bicyclic) bond motifs is 1. The lowest BCUT2D eigenvalue weighted by Crippen LogP contribution is -2.31. The summed E-state index contributed by atoms with van der Waals surface area (Å²) in [5, 5.41) is 6.35. The minimum atomic E-state index is -0.369. The maximum absolute atomic E-state index is 13.5. The summed E-state index contributed by atoms with van der Waals surface area (Å²) in [5.74, 6) is 0.0335. The van der Waals surface area contributed by atoms with Gasteiger partial charge in [-0.1, -0.05) is 24.3 Å². The van der Waals surface area contributed by atoms with Crippen molar-refractivity contribution in [3.8, 4) is 5.75 Å². The minimum Gasteiger partial charge on any atom is -0.494 e. The molecule has 0 saturated carbocycles. The van der Waals surface area contributed by atoms with E-state index in [0.29, 0.717) is 13.0 Å². The molecule has 4 nitrogen and oxygen atoms in total. The zero-order valence-corrected chi connectivity index (χ0v) is 13.8. The number of hydrogen-bond acceptors (Lipinski definition) is 3. The number of carbonyl (C=O) groups is 1. The number of halogens is 1. The fourth-order valence-corrected chi connectivity index (χ4v) is 3.07. The molecule has 0 aliphatic carbocycles. The topological polar surface area (TPSA) is 50.4 Å². The van der Waals surface area contributed by atoms with Crippen molar-refractivity contribution in [3.05, 3.63) is 59.4 Å². The molecular formula is C19H21FN2O2. The Balaban J connectivity index is 1.70. The summed E-state index contributed by atoms with van der Waals surface area (Å²) >= 11 is 0. The van der Waals surface area contributed by atoms with Crippen molar-refractivity contribution in [2.45, 2.75) is 25.3 Å². The highest BCUT2D eigenvalue weighted by Gasteiger charge is 2.25. The summed E-state index contributed by atoms with van der Waals surface area (Å²) in [6, 6.07) is 12.8. The molecule has 0 fully saturated rings. The average molecular weight is 328 g/mol. The lowest BCUT2D eigenvalue weighted by molar-refractivity contribution is -0.116. The molecule has 3 rings (SSSR count). The first kappa shape index (κ1) is 16.5. The zero-order valence-electron chi connectivity index (χ0n) is 13.8. The highest BCUT2D eigenvalue weighted by molar-refractivity contribution is 5.94. The number of ether oxygens (including phenoxy) is 1. The molecule has 5 heteroatoms. The number of benzene rings is 2. The van der Waals surface area contributed by atoms with Gasteiger partial charge in [-0.15, -0.1) is 0 Å². The summed E-state index contributed by atoms with van der Waals surface area (Å²) in [5.41, 5.74) is 2.98. The fraction of sp³-hybridized carbons (Fsp3) is 0.316. The molecule has 0 radical (unpaired) electrons. The van der Waals surface area contributed by atoms with Crippen LogP contribution in [-0.4, -0.2) is 19.6 Å². The molecule has 0 saturated heterocycles. The maximum atomic E-state index is 13.5. The molecule has 1 aliphatic heterocycles. The van der Waals surface area contributed by atoms with Crippen LogP contribution in [0.3, 0.4) is 0 Å². The predicted octanol–water partition coefficient (Wildman–Crippen LogP) is 3.61. The third-order valence-electron chi connectivity index (χ3n) is 4.45. The summed E-state index contributed by atoms with van der Waals surface area (Å²) in [6.45, 7) is 2.69. The Hall–Kier alpha value is -2.40. The molecule has 2 N–H and O–H groups in total. The first-order valence-electron chi connectivity index (χ1n) is 8.04. The molecule has 24 heavy (non-hydrogen) atoms. The van der Waals surface area contributed by atoms with Gasteiger partial charge in [0, 0.05) is 30.6 Å². The largest absolute Gasteiger partial charge is 0.494 e. The summed E-state index contributed by atoms with van der Waals surface area (Å²) < 4.78 is 18.6. The van der Waals surface area contributed by atoms with Gasteiger partial charge >= 0.3 is 0 Å². The summed E-state index contributed by atoms with van der Waals surface area (Å²) in [6.07, 6.45) is 0.462. The first-order chi connectivity index (χ1) is 11.6. The Labute approximate surface area is 141 Å². The highest BCUT2D eigenvalue weighted by atomic mass is 19.1. The lowest BCUT2D eigenvalue weighted by Gasteiger charge is -2.27. The zero-order chi connectivity index (χ0) is 17.1. The van der Waals surface area contributed by atoms with E-state index in [0.717, 1.165) is 16.8 Å². The molecule has 2 aromatic carbocycles. The fourth-order valence-electron chi connectivity index (χ4n) is 3.07. The second-order valence-corrected chi connectivity index (χ2v) is 6.06. The van der Waals surface area contributed by atoms with Crippen LogP contribution in [0.25, 0.3) is 0 Å². The van der Waals surface area contributed by atoms with Gasteiger partial charge in [-0.25, -0.2) is 4.39 Å². The van der Waals surface area contributed by atoms with Crippen LogP contribution < -0.4 is 15.4 Å². The van der Waals surface area contributed by atoms with E-state index in [-0.39, 0.29) is 29.4 Å². The van der Waals surface area contributed by atoms with Crippen molar-refractivity contribution in [1.82, 2.24) is 5.32 Å². The number of para-hydroxylation sites is 1. The standard InChI is InChI=1S/C19H21FN2O2/c1-12(13-7-8-16(20)18(9-13)24-2)21-11-14-10-19(23)22-17-6-4-3-5-15(14)17/h3-9,12,14,21H,10-11H2,1-2H3,(H,22,23). The Morgan fingerprint density at radius 2 is 2.12 bits per heavy atom. The quantitative estimate of drug-likeness (QED) is 0.881. The minimum absolute atomic E-state index is 0.0247. The van der Waals surface area contributed by atoms with Gasteiger partial charge in [0.1, 0.15) is 0 Å². The van der Waals surface area contributed by atoms with Crippen LogP contribution in [0.4, 0.5) is 10.1 Å². The SMILES string of the molecule is COc1cc(C(C)NCC2CC(=O)Nc3ccccc32)ccc1F. The molecular weight excluding hydrogens is 307 g/mol. The Bertz CT molecular complexity index is 748. The second-order valence-electron chi connectivity index (χ2n) is 6.06. The molecule has 2 atom stereocenters. The summed E-state index contributed by atoms with van der Waals surface area (Å²) in [4.78, 5) is 11.9. The normalized spacial score (nSPS) is 17.8. The third-order valence-corrected chi connectivity index (χ3v) is 4.45. The molecule has 1 heterocycles. The number of rotatable bonds is 5. The van der Waals surface area contributed by atoms with E-state index < -0.39 is 0 Å². The van der Waals surface area contributed by atoms with Crippen molar-refractivity contribution >= 4 is 11.6 Å². The van der Waals surface area contributed by atoms with Crippen molar-refractivity contribution in [3.63, 3.8) is 0 Å². The predicted molar refractivity (Wildman–Crippen MR) is 91.8 cm³/mol. The number of nitrogens with one attached hydrogen (secondary N) is 2. The van der Waals surface area contributed by atoms with Gasteiger partial charge in [0.15, 0.2) is 11.6 Å². The van der Waals surface area contributed by atoms with E-state index in [2.05, 4.69) is 10.6 Å². The van der Waals surface area contributed by atoms with E-state index in [1.165, 1.54) is 13.2 Å². The Morgan fingerprint density at radius 1 is 1.33 bits per heavy atom. The van der Waals surface area contributed by atoms with Gasteiger partial charge < -0.3 is 15.4 Å². The van der Waals surface area contributed by atoms with Gasteiger partial charge in [0.2, 0.25) is 5.91 Å². The molecule has 126 valence electrons. The molecule has 2 aromatic rings. The van der Waals surface area contributed by atoms with Crippen molar-refractivity contribution in [2.24, 2.45) is 0 Å². The van der Waals surface area contributed by atoms with Crippen LogP contribution in [0, 0.1) is 5.82 Å². The van der Waals surface area contributed by atoms with Crippen molar-refractivity contribution in [1.29, 1.82) is 0 Å². The number of hydrogen-bond donors (Lipinski definition) is 2. The van der Waals surface area contributed by atoms with Crippen LogP contribution in [-0.2, 0) is 4.79 Å². The van der Waals surface area contributed by atoms with Crippen LogP contribution >= 0.6 is 0 Å². The smallest absolute Gasteiger partial charge is 0.225 e. The lowest BCUT2D eigenvalue weighted by atomic mass is 9.90. The average Bonchev–Trinajstić information content (AvgIpc) is 2.59. The van der Waals surface area contributed by atoms with E-state index in [1.807, 2.05) is 31.2 Å². The summed E-state index contributed by atoms with van der Waals surface area (Å²) in [7, 11) is 1.46. The van der Waals surface area contributed by atoms with Gasteiger partial charge in [0.05, 0.1) is 7.11 Å². The van der Waals surface area contributed by atoms with E-state index in [9.17, 15) is 9.18 Å². The van der Waals surface area contributed by atoms with Crippen molar-refractivity contribution in [2.75, 3.05) is 19.0 Å². The van der Waals surface area contributed by atoms with Crippen molar-refractivity contribution < 1.29 is 13.9 Å². The molecule has 1 amide bonds. The van der Waals surface area contributed by atoms with Crippen LogP contribution in [0.1, 0.15) is 36.4 Å². The molecule has 0 spiro atoms. The van der Waals surface area contributed by atoms with Crippen LogP contribution in [0.2, 0.25) is 0 Å². The number of amides is 1. The molecule has 2 unspecified atom stereocenters. The second kappa shape index (κ2) is 7.01. The van der Waals surface area contributed by atoms with Crippen LogP contribution in [0.5, 0.6) is 5.75 Å². The van der Waals surface area contributed by atoms with Crippen LogP contribution in [0.15, 0.2) is 42.5 Å². The first-order valence-corrected chi connectivity index (χ1v) is 8.04. The van der Waals surface area contributed by atoms with E-state index >= 15 is 0 Å². The number of anilines is 1. The van der Waals surface area contributed by atoms with E-state index in [1.54, 1.807) is 12.1 Å². The number of carbonyl (C=O) groups excluding carboxylic acids is 1. The molecule has 0 aromatic heterocycles. The monoisotopic (exact) mass is 328 g/mol.